The van der Waals surface area contributed by atoms with Crippen LogP contribution < -0.4 is 14.4 Å². The van der Waals surface area contributed by atoms with Gasteiger partial charge in [-0.15, -0.1) is 0 Å². The van der Waals surface area contributed by atoms with E-state index in [2.05, 4.69) is 0 Å². The maximum absolute atomic E-state index is 14.0. The van der Waals surface area contributed by atoms with Gasteiger partial charge in [0.1, 0.15) is 12.4 Å². The first-order valence-corrected chi connectivity index (χ1v) is 12.4. The molecule has 0 aromatic heterocycles. The summed E-state index contributed by atoms with van der Waals surface area (Å²) in [4.78, 5) is 20.4. The largest absolute Gasteiger partial charge is 0.493 e. The number of anilines is 1. The first-order valence-electron chi connectivity index (χ1n) is 11.6. The SMILES string of the molecule is COc1cc(/C=C2\SC(=Nc3ccccc3)N(c3ccccc3)C2=O)ccc1OCc1ccccc1F. The van der Waals surface area contributed by atoms with Gasteiger partial charge in [0.2, 0.25) is 0 Å². The maximum atomic E-state index is 14.0. The highest BCUT2D eigenvalue weighted by Crippen LogP contribution is 2.38. The Labute approximate surface area is 218 Å². The smallest absolute Gasteiger partial charge is 0.271 e. The van der Waals surface area contributed by atoms with E-state index in [1.165, 1.54) is 17.8 Å². The molecule has 184 valence electrons. The average molecular weight is 511 g/mol. The van der Waals surface area contributed by atoms with Crippen LogP contribution in [0.1, 0.15) is 11.1 Å². The zero-order chi connectivity index (χ0) is 25.6. The van der Waals surface area contributed by atoms with Gasteiger partial charge in [-0.2, -0.15) is 0 Å². The molecule has 1 aliphatic rings. The van der Waals surface area contributed by atoms with Gasteiger partial charge in [-0.3, -0.25) is 9.69 Å². The normalized spacial score (nSPS) is 15.4. The van der Waals surface area contributed by atoms with Crippen LogP contribution in [0.4, 0.5) is 15.8 Å². The zero-order valence-corrected chi connectivity index (χ0v) is 20.8. The molecule has 5 rings (SSSR count). The molecule has 0 unspecified atom stereocenters. The Balaban J connectivity index is 1.43. The molecule has 0 N–H and O–H groups in total. The Morgan fingerprint density at radius 3 is 2.32 bits per heavy atom. The predicted octanol–water partition coefficient (Wildman–Crippen LogP) is 7.22. The number of ether oxygens (including phenoxy) is 2. The van der Waals surface area contributed by atoms with Gasteiger partial charge in [-0.25, -0.2) is 9.38 Å². The molecule has 0 atom stereocenters. The molecule has 1 fully saturated rings. The van der Waals surface area contributed by atoms with Gasteiger partial charge in [0, 0.05) is 5.56 Å². The van der Waals surface area contributed by atoms with Crippen molar-refractivity contribution in [2.24, 2.45) is 4.99 Å². The second kappa shape index (κ2) is 11.1. The Kier molecular flexibility index (Phi) is 7.33. The number of hydrogen-bond acceptors (Lipinski definition) is 5. The number of hydrogen-bond donors (Lipinski definition) is 0. The highest BCUT2D eigenvalue weighted by atomic mass is 32.2. The Bertz CT molecular complexity index is 1470. The lowest BCUT2D eigenvalue weighted by atomic mass is 10.1. The van der Waals surface area contributed by atoms with Crippen LogP contribution in [0, 0.1) is 5.82 Å². The molecule has 4 aromatic rings. The Hall–Kier alpha value is -4.36. The van der Waals surface area contributed by atoms with Crippen LogP contribution in [0.5, 0.6) is 11.5 Å². The van der Waals surface area contributed by atoms with Gasteiger partial charge < -0.3 is 9.47 Å². The van der Waals surface area contributed by atoms with E-state index < -0.39 is 0 Å². The van der Waals surface area contributed by atoms with E-state index in [0.717, 1.165) is 16.9 Å². The number of para-hydroxylation sites is 2. The van der Waals surface area contributed by atoms with Crippen molar-refractivity contribution in [2.45, 2.75) is 6.61 Å². The van der Waals surface area contributed by atoms with Crippen LogP contribution in [-0.4, -0.2) is 18.2 Å². The highest BCUT2D eigenvalue weighted by molar-refractivity contribution is 8.19. The van der Waals surface area contributed by atoms with Crippen LogP contribution >= 0.6 is 11.8 Å². The maximum Gasteiger partial charge on any atom is 0.271 e. The molecule has 0 saturated carbocycles. The number of methoxy groups -OCH3 is 1. The minimum atomic E-state index is -0.324. The van der Waals surface area contributed by atoms with Crippen LogP contribution in [0.3, 0.4) is 0 Å². The third-order valence-corrected chi connectivity index (χ3v) is 6.60. The predicted molar refractivity (Wildman–Crippen MR) is 147 cm³/mol. The second-order valence-corrected chi connectivity index (χ2v) is 9.12. The summed E-state index contributed by atoms with van der Waals surface area (Å²) in [6.07, 6.45) is 1.81. The van der Waals surface area contributed by atoms with E-state index in [1.807, 2.05) is 66.7 Å². The van der Waals surface area contributed by atoms with E-state index in [-0.39, 0.29) is 18.3 Å². The van der Waals surface area contributed by atoms with Crippen LogP contribution in [0.2, 0.25) is 0 Å². The second-order valence-electron chi connectivity index (χ2n) is 8.11. The first-order chi connectivity index (χ1) is 18.1. The van der Waals surface area contributed by atoms with Gasteiger partial charge >= 0.3 is 0 Å². The molecule has 0 radical (unpaired) electrons. The van der Waals surface area contributed by atoms with Crippen LogP contribution in [0.25, 0.3) is 6.08 Å². The third kappa shape index (κ3) is 5.57. The molecule has 1 amide bonds. The average Bonchev–Trinajstić information content (AvgIpc) is 3.23. The lowest BCUT2D eigenvalue weighted by Gasteiger charge is -2.15. The summed E-state index contributed by atoms with van der Waals surface area (Å²) < 4.78 is 25.3. The summed E-state index contributed by atoms with van der Waals surface area (Å²) in [5, 5.41) is 0.574. The van der Waals surface area contributed by atoms with E-state index in [9.17, 15) is 9.18 Å². The molecule has 0 bridgehead atoms. The quantitative estimate of drug-likeness (QED) is 0.246. The number of rotatable bonds is 7. The molecular weight excluding hydrogens is 487 g/mol. The number of aliphatic imine (C=N–C) groups is 1. The Morgan fingerprint density at radius 1 is 0.892 bits per heavy atom. The summed E-state index contributed by atoms with van der Waals surface area (Å²) in [5.41, 5.74) is 2.72. The Morgan fingerprint density at radius 2 is 1.59 bits per heavy atom. The van der Waals surface area contributed by atoms with Crippen molar-refractivity contribution < 1.29 is 18.7 Å². The molecule has 5 nitrogen and oxygen atoms in total. The molecule has 1 heterocycles. The van der Waals surface area contributed by atoms with Gasteiger partial charge in [-0.05, 0) is 65.9 Å². The summed E-state index contributed by atoms with van der Waals surface area (Å²) in [7, 11) is 1.54. The minimum Gasteiger partial charge on any atom is -0.493 e. The fraction of sp³-hybridized carbons (Fsp3) is 0.0667. The summed E-state index contributed by atoms with van der Waals surface area (Å²) in [6.45, 7) is 0.0726. The van der Waals surface area contributed by atoms with E-state index in [0.29, 0.717) is 27.1 Å². The zero-order valence-electron chi connectivity index (χ0n) is 20.0. The van der Waals surface area contributed by atoms with E-state index in [1.54, 1.807) is 48.4 Å². The number of benzene rings is 4. The number of carbonyl (C=O) groups is 1. The first kappa shape index (κ1) is 24.3. The monoisotopic (exact) mass is 510 g/mol. The lowest BCUT2D eigenvalue weighted by molar-refractivity contribution is -0.113. The molecule has 37 heavy (non-hydrogen) atoms. The number of halogens is 1. The number of amides is 1. The standard InChI is InChI=1S/C30H23FN2O3S/c1-35-27-18-21(16-17-26(27)36-20-22-10-8-9-15-25(22)31)19-28-29(34)33(24-13-6-3-7-14-24)30(37-28)32-23-11-4-2-5-12-23/h2-19H,20H2,1H3/b28-19-,32-30?. The number of thioether (sulfide) groups is 1. The summed E-state index contributed by atoms with van der Waals surface area (Å²) in [6, 6.07) is 30.8. The number of amidine groups is 1. The van der Waals surface area contributed by atoms with Gasteiger partial charge in [-0.1, -0.05) is 60.7 Å². The molecule has 7 heteroatoms. The number of nitrogens with zero attached hydrogens (tertiary/aromatic N) is 2. The summed E-state index contributed by atoms with van der Waals surface area (Å²) in [5.74, 6) is 0.482. The van der Waals surface area contributed by atoms with Crippen LogP contribution in [0.15, 0.2) is 113 Å². The summed E-state index contributed by atoms with van der Waals surface area (Å²) >= 11 is 1.31. The fourth-order valence-corrected chi connectivity index (χ4v) is 4.78. The molecule has 1 saturated heterocycles. The molecule has 0 aliphatic carbocycles. The van der Waals surface area contributed by atoms with Gasteiger partial charge in [0.05, 0.1) is 23.4 Å². The fourth-order valence-electron chi connectivity index (χ4n) is 3.78. The number of carbonyl (C=O) groups excluding carboxylic acids is 1. The van der Waals surface area contributed by atoms with Crippen molar-refractivity contribution in [1.29, 1.82) is 0 Å². The minimum absolute atomic E-state index is 0.0726. The van der Waals surface area contributed by atoms with Crippen molar-refractivity contribution in [3.05, 3.63) is 125 Å². The van der Waals surface area contributed by atoms with Crippen molar-refractivity contribution in [2.75, 3.05) is 12.0 Å². The topological polar surface area (TPSA) is 51.1 Å². The van der Waals surface area contributed by atoms with Crippen molar-refractivity contribution in [3.63, 3.8) is 0 Å². The van der Waals surface area contributed by atoms with E-state index >= 15 is 0 Å². The van der Waals surface area contributed by atoms with Crippen molar-refractivity contribution in [1.82, 2.24) is 0 Å². The van der Waals surface area contributed by atoms with Gasteiger partial charge in [0.15, 0.2) is 16.7 Å². The van der Waals surface area contributed by atoms with Crippen molar-refractivity contribution in [3.8, 4) is 11.5 Å². The van der Waals surface area contributed by atoms with E-state index in [4.69, 9.17) is 14.5 Å². The third-order valence-electron chi connectivity index (χ3n) is 5.63. The molecule has 1 aliphatic heterocycles. The van der Waals surface area contributed by atoms with Crippen LogP contribution in [-0.2, 0) is 11.4 Å². The molecule has 0 spiro atoms. The van der Waals surface area contributed by atoms with Crippen molar-refractivity contribution >= 4 is 40.3 Å². The lowest BCUT2D eigenvalue weighted by Crippen LogP contribution is -2.28. The highest BCUT2D eigenvalue weighted by Gasteiger charge is 2.34. The van der Waals surface area contributed by atoms with Gasteiger partial charge in [0.25, 0.3) is 5.91 Å². The molecular formula is C30H23FN2O3S. The molecule has 4 aromatic carbocycles.